The summed E-state index contributed by atoms with van der Waals surface area (Å²) >= 11 is 1.31. The van der Waals surface area contributed by atoms with Crippen molar-refractivity contribution in [3.05, 3.63) is 70.6 Å². The molecule has 3 aliphatic heterocycles. The van der Waals surface area contributed by atoms with E-state index < -0.39 is 90.2 Å². The van der Waals surface area contributed by atoms with Gasteiger partial charge in [0.25, 0.3) is 5.91 Å². The summed E-state index contributed by atoms with van der Waals surface area (Å²) in [4.78, 5) is 54.5. The molecule has 10 atom stereocenters. The van der Waals surface area contributed by atoms with E-state index in [2.05, 4.69) is 20.7 Å². The van der Waals surface area contributed by atoms with Gasteiger partial charge in [-0.1, -0.05) is 47.2 Å². The molecule has 5 rings (SSSR count). The number of nitrogens with one attached hydrogen (secondary N) is 2. The van der Waals surface area contributed by atoms with Crippen LogP contribution in [0.3, 0.4) is 0 Å². The van der Waals surface area contributed by atoms with E-state index in [0.717, 1.165) is 17.4 Å². The first-order chi connectivity index (χ1) is 27.2. The summed E-state index contributed by atoms with van der Waals surface area (Å²) in [7, 11) is 1.56. The second-order valence-electron chi connectivity index (χ2n) is 14.3. The highest BCUT2D eigenvalue weighted by molar-refractivity contribution is 7.99. The van der Waals surface area contributed by atoms with Crippen LogP contribution in [0, 0.1) is 0 Å². The predicted molar refractivity (Wildman–Crippen MR) is 202 cm³/mol. The average Bonchev–Trinajstić information content (AvgIpc) is 3.16. The highest BCUT2D eigenvalue weighted by Gasteiger charge is 2.53. The minimum atomic E-state index is -1.51. The van der Waals surface area contributed by atoms with E-state index in [1.54, 1.807) is 40.0 Å². The van der Waals surface area contributed by atoms with Gasteiger partial charge in [0.05, 0.1) is 19.8 Å². The van der Waals surface area contributed by atoms with Gasteiger partial charge in [-0.2, -0.15) is 0 Å². The number of nitrogens with zero attached hydrogens (tertiary/aromatic N) is 3. The molecular weight excluding hydrogens is 767 g/mol. The average molecular weight is 816 g/mol. The number of hydrogen-bond donors (Lipinski definition) is 2. The zero-order valence-corrected chi connectivity index (χ0v) is 33.4. The minimum Gasteiger partial charge on any atom is -0.497 e. The number of ether oxygens (including phenoxy) is 9. The molecule has 2 aromatic rings. The van der Waals surface area contributed by atoms with Gasteiger partial charge in [0.1, 0.15) is 47.3 Å². The molecule has 0 radical (unpaired) electrons. The molecule has 2 amide bonds. The molecular formula is C38H49N5O13S. The lowest BCUT2D eigenvalue weighted by atomic mass is 9.95. The molecule has 310 valence electrons. The lowest BCUT2D eigenvalue weighted by Crippen LogP contribution is -2.68. The fourth-order valence-electron chi connectivity index (χ4n) is 6.45. The third-order valence-corrected chi connectivity index (χ3v) is 9.98. The SMILES string of the molecule is COc1ccc(S[C@@H]2OC3COC(c4ccccc4)O[C@@H]3[C@H](OCCCNC(=O)OC(C)(C)C)C2NC(=O)C2O[C@@H](N=[N+]=[N-])C(OC(C)=O)C[C@H]2OC(C)=O)cc1. The van der Waals surface area contributed by atoms with Gasteiger partial charge in [-0.3, -0.25) is 14.4 Å². The van der Waals surface area contributed by atoms with E-state index in [0.29, 0.717) is 12.2 Å². The van der Waals surface area contributed by atoms with Gasteiger partial charge < -0.3 is 53.3 Å². The Labute approximate surface area is 334 Å². The van der Waals surface area contributed by atoms with Crippen LogP contribution in [0.15, 0.2) is 64.6 Å². The maximum absolute atomic E-state index is 14.4. The smallest absolute Gasteiger partial charge is 0.407 e. The third-order valence-electron chi connectivity index (χ3n) is 8.80. The normalized spacial score (nSPS) is 28.4. The fraction of sp³-hybridized carbons (Fsp3) is 0.579. The molecule has 3 fully saturated rings. The minimum absolute atomic E-state index is 0.120. The van der Waals surface area contributed by atoms with Crippen molar-refractivity contribution in [1.29, 1.82) is 0 Å². The number of alkyl carbamates (subject to hydrolysis) is 1. The molecule has 18 nitrogen and oxygen atoms in total. The molecule has 0 aliphatic carbocycles. The van der Waals surface area contributed by atoms with E-state index in [-0.39, 0.29) is 26.2 Å². The number of amides is 2. The number of thioether (sulfide) groups is 1. The van der Waals surface area contributed by atoms with Crippen LogP contribution in [0.4, 0.5) is 4.79 Å². The first-order valence-corrected chi connectivity index (χ1v) is 19.3. The van der Waals surface area contributed by atoms with Crippen LogP contribution in [0.1, 0.15) is 59.3 Å². The molecule has 57 heavy (non-hydrogen) atoms. The van der Waals surface area contributed by atoms with Gasteiger partial charge in [0.15, 0.2) is 18.6 Å². The Hall–Kier alpha value is -4.62. The van der Waals surface area contributed by atoms with Crippen molar-refractivity contribution in [3.63, 3.8) is 0 Å². The number of esters is 2. The molecule has 3 aliphatic rings. The molecule has 3 saturated heterocycles. The number of carbonyl (C=O) groups excluding carboxylic acids is 4. The molecule has 2 N–H and O–H groups in total. The van der Waals surface area contributed by atoms with Crippen LogP contribution in [0.5, 0.6) is 5.75 Å². The molecule has 5 unspecified atom stereocenters. The van der Waals surface area contributed by atoms with Crippen LogP contribution in [-0.4, -0.2) is 111 Å². The van der Waals surface area contributed by atoms with Gasteiger partial charge in [-0.25, -0.2) is 4.79 Å². The van der Waals surface area contributed by atoms with Crippen LogP contribution in [-0.2, 0) is 52.3 Å². The number of benzene rings is 2. The highest BCUT2D eigenvalue weighted by Crippen LogP contribution is 2.41. The monoisotopic (exact) mass is 815 g/mol. The molecule has 19 heteroatoms. The lowest BCUT2D eigenvalue weighted by Gasteiger charge is -2.49. The molecule has 3 heterocycles. The van der Waals surface area contributed by atoms with Crippen molar-refractivity contribution < 1.29 is 61.8 Å². The first-order valence-electron chi connectivity index (χ1n) is 18.5. The van der Waals surface area contributed by atoms with Crippen molar-refractivity contribution in [2.24, 2.45) is 5.11 Å². The van der Waals surface area contributed by atoms with E-state index in [1.165, 1.54) is 18.7 Å². The number of rotatable bonds is 14. The standard InChI is InChI=1S/C38H49N5O13S/c1-21(44)51-26-19-27(52-22(2)45)34(42-43-39)54-31(26)33(46)41-29-32(49-18-10-17-40-37(47)56-38(3,4)5)30-28(20-50-35(55-30)23-11-8-7-9-12-23)53-36(29)57-25-15-13-24(48-6)14-16-25/h7-9,11-16,26-32,34-36H,10,17-20H2,1-6H3,(H,40,47)(H,41,46)/t26-,27?,28?,29?,30+,31?,32-,34-,35?,36+/m1/s1. The summed E-state index contributed by atoms with van der Waals surface area (Å²) < 4.78 is 53.3. The summed E-state index contributed by atoms with van der Waals surface area (Å²) in [6.45, 7) is 8.12. The second-order valence-corrected chi connectivity index (χ2v) is 15.5. The van der Waals surface area contributed by atoms with Gasteiger partial charge in [-0.15, -0.1) is 0 Å². The lowest BCUT2D eigenvalue weighted by molar-refractivity contribution is -0.311. The fourth-order valence-corrected chi connectivity index (χ4v) is 7.58. The second kappa shape index (κ2) is 20.2. The summed E-state index contributed by atoms with van der Waals surface area (Å²) in [5.74, 6) is -1.51. The van der Waals surface area contributed by atoms with Gasteiger partial charge >= 0.3 is 18.0 Å². The maximum atomic E-state index is 14.4. The third kappa shape index (κ3) is 12.4. The molecule has 0 aromatic heterocycles. The zero-order chi connectivity index (χ0) is 41.1. The van der Waals surface area contributed by atoms with Crippen molar-refractivity contribution in [1.82, 2.24) is 10.6 Å². The van der Waals surface area contributed by atoms with E-state index >= 15 is 0 Å². The van der Waals surface area contributed by atoms with Crippen molar-refractivity contribution >= 4 is 35.7 Å². The molecule has 0 bridgehead atoms. The first kappa shape index (κ1) is 43.5. The summed E-state index contributed by atoms with van der Waals surface area (Å²) in [5, 5.41) is 9.36. The number of azide groups is 1. The summed E-state index contributed by atoms with van der Waals surface area (Å²) in [6, 6.07) is 15.7. The topological polar surface area (TPSA) is 224 Å². The molecule has 2 aromatic carbocycles. The van der Waals surface area contributed by atoms with Crippen LogP contribution < -0.4 is 15.4 Å². The Morgan fingerprint density at radius 3 is 2.32 bits per heavy atom. The van der Waals surface area contributed by atoms with Crippen LogP contribution >= 0.6 is 11.8 Å². The number of fused-ring (bicyclic) bond motifs is 1. The number of carbonyl (C=O) groups is 4. The van der Waals surface area contributed by atoms with Gasteiger partial charge in [0.2, 0.25) is 0 Å². The van der Waals surface area contributed by atoms with E-state index in [1.807, 2.05) is 42.5 Å². The summed E-state index contributed by atoms with van der Waals surface area (Å²) in [5.41, 5.74) is 8.55. The quantitative estimate of drug-likeness (QED) is 0.0659. The Bertz CT molecular complexity index is 1730. The van der Waals surface area contributed by atoms with Crippen molar-refractivity contribution in [2.45, 2.75) is 119 Å². The van der Waals surface area contributed by atoms with Gasteiger partial charge in [-0.05, 0) is 57.0 Å². The summed E-state index contributed by atoms with van der Waals surface area (Å²) in [6.07, 6.45) is -8.76. The van der Waals surface area contributed by atoms with E-state index in [9.17, 15) is 24.7 Å². The van der Waals surface area contributed by atoms with E-state index in [4.69, 9.17) is 42.6 Å². The Balaban J connectivity index is 1.46. The van der Waals surface area contributed by atoms with Crippen LogP contribution in [0.25, 0.3) is 10.4 Å². The Kier molecular flexibility index (Phi) is 15.4. The Morgan fingerprint density at radius 1 is 0.965 bits per heavy atom. The van der Waals surface area contributed by atoms with Gasteiger partial charge in [0, 0.05) is 48.8 Å². The molecule has 0 spiro atoms. The van der Waals surface area contributed by atoms with Crippen molar-refractivity contribution in [3.8, 4) is 5.75 Å². The zero-order valence-electron chi connectivity index (χ0n) is 32.6. The van der Waals surface area contributed by atoms with Crippen LogP contribution in [0.2, 0.25) is 0 Å². The van der Waals surface area contributed by atoms with Crippen molar-refractivity contribution in [2.75, 3.05) is 26.9 Å². The number of hydrogen-bond acceptors (Lipinski definition) is 15. The molecule has 0 saturated carbocycles. The maximum Gasteiger partial charge on any atom is 0.407 e. The predicted octanol–water partition coefficient (Wildman–Crippen LogP) is 4.70. The largest absolute Gasteiger partial charge is 0.497 e. The number of methoxy groups -OCH3 is 1. The highest BCUT2D eigenvalue weighted by atomic mass is 32.2. The Morgan fingerprint density at radius 2 is 1.67 bits per heavy atom.